The minimum absolute atomic E-state index is 0.0727. The molecule has 4 fully saturated rings. The van der Waals surface area contributed by atoms with Gasteiger partial charge in [0.2, 0.25) is 0 Å². The van der Waals surface area contributed by atoms with Crippen LogP contribution in [0.25, 0.3) is 0 Å². The number of ketones is 1. The molecule has 7 heteroatoms. The lowest BCUT2D eigenvalue weighted by atomic mass is 9.37. The summed E-state index contributed by atoms with van der Waals surface area (Å²) in [4.78, 5) is 39.6. The van der Waals surface area contributed by atoms with E-state index in [0.29, 0.717) is 6.42 Å². The van der Waals surface area contributed by atoms with Crippen LogP contribution in [0.4, 0.5) is 0 Å². The van der Waals surface area contributed by atoms with E-state index in [4.69, 9.17) is 18.6 Å². The number of hydrogen-bond acceptors (Lipinski definition) is 7. The van der Waals surface area contributed by atoms with Crippen molar-refractivity contribution in [3.05, 3.63) is 36.3 Å². The van der Waals surface area contributed by atoms with Crippen LogP contribution in [0.2, 0.25) is 0 Å². The maximum absolute atomic E-state index is 14.1. The van der Waals surface area contributed by atoms with E-state index in [1.54, 1.807) is 12.5 Å². The van der Waals surface area contributed by atoms with Gasteiger partial charge in [0.1, 0.15) is 23.1 Å². The number of hydrogen-bond donors (Lipinski definition) is 0. The van der Waals surface area contributed by atoms with Crippen LogP contribution in [0.5, 0.6) is 0 Å². The standard InChI is InChI=1S/C26H30O7/c1-22(2)16-12-17(27)25(5)15(23(16,3)9-7-18(28)32-22)6-10-24(4)19(14-8-11-30-13-14)31-21(29)20-26(24,25)33-20/h7-9,11,13,15-16,19-20H,6,10,12H2,1-5H3/t15-,16-,19-,20+,23-,24-,25-,26-/m0/s1. The summed E-state index contributed by atoms with van der Waals surface area (Å²) < 4.78 is 23.3. The van der Waals surface area contributed by atoms with Crippen LogP contribution < -0.4 is 0 Å². The van der Waals surface area contributed by atoms with Crippen molar-refractivity contribution in [2.24, 2.45) is 28.1 Å². The number of rotatable bonds is 1. The average Bonchev–Trinajstić information content (AvgIpc) is 3.33. The van der Waals surface area contributed by atoms with Crippen LogP contribution in [0.15, 0.2) is 35.2 Å². The first-order valence-corrected chi connectivity index (χ1v) is 11.8. The Kier molecular flexibility index (Phi) is 3.83. The summed E-state index contributed by atoms with van der Waals surface area (Å²) in [6, 6.07) is 1.81. The van der Waals surface area contributed by atoms with E-state index in [9.17, 15) is 14.4 Å². The monoisotopic (exact) mass is 454 g/mol. The number of fused-ring (bicyclic) bond motifs is 3. The fourth-order valence-corrected chi connectivity index (χ4v) is 8.49. The lowest BCUT2D eigenvalue weighted by molar-refractivity contribution is -0.215. The molecule has 0 amide bonds. The number of ether oxygens (including phenoxy) is 3. The Morgan fingerprint density at radius 1 is 1.00 bits per heavy atom. The molecule has 0 aromatic carbocycles. The first-order valence-electron chi connectivity index (χ1n) is 11.8. The van der Waals surface area contributed by atoms with Crippen LogP contribution in [0.3, 0.4) is 0 Å². The van der Waals surface area contributed by atoms with Gasteiger partial charge in [-0.15, -0.1) is 0 Å². The third-order valence-corrected chi connectivity index (χ3v) is 10.0. The largest absolute Gasteiger partial charge is 0.472 e. The number of furan rings is 1. The van der Waals surface area contributed by atoms with Gasteiger partial charge in [-0.05, 0) is 51.0 Å². The molecule has 0 N–H and O–H groups in total. The number of esters is 2. The molecule has 6 rings (SSSR count). The Labute approximate surface area is 192 Å². The van der Waals surface area contributed by atoms with E-state index in [0.717, 1.165) is 12.0 Å². The molecule has 2 saturated carbocycles. The summed E-state index contributed by atoms with van der Waals surface area (Å²) in [6.45, 7) is 9.99. The number of carbonyl (C=O) groups is 3. The molecular weight excluding hydrogens is 424 g/mol. The molecule has 176 valence electrons. The second-order valence-corrected chi connectivity index (χ2v) is 11.7. The van der Waals surface area contributed by atoms with Gasteiger partial charge in [0, 0.05) is 29.4 Å². The van der Waals surface area contributed by atoms with Crippen molar-refractivity contribution in [3.8, 4) is 0 Å². The second kappa shape index (κ2) is 5.98. The van der Waals surface area contributed by atoms with Gasteiger partial charge in [0.05, 0.1) is 17.9 Å². The van der Waals surface area contributed by atoms with Crippen molar-refractivity contribution in [1.29, 1.82) is 0 Å². The predicted octanol–water partition coefficient (Wildman–Crippen LogP) is 3.92. The maximum Gasteiger partial charge on any atom is 0.339 e. The van der Waals surface area contributed by atoms with Crippen LogP contribution in [-0.4, -0.2) is 35.0 Å². The fourth-order valence-electron chi connectivity index (χ4n) is 8.49. The predicted molar refractivity (Wildman–Crippen MR) is 115 cm³/mol. The SMILES string of the molecule is CC1(C)OC(=O)C=C[C@]2(C)[C@H]1CC(=O)[C@]1(C)[C@H]2CC[C@@]2(C)[C@H](c3ccoc3)OC(=O)[C@H]3O[C@@]321. The fraction of sp³-hybridized carbons (Fsp3) is 0.654. The van der Waals surface area contributed by atoms with E-state index >= 15 is 0 Å². The van der Waals surface area contributed by atoms with Crippen molar-refractivity contribution < 1.29 is 33.0 Å². The Morgan fingerprint density at radius 2 is 1.76 bits per heavy atom. The summed E-state index contributed by atoms with van der Waals surface area (Å²) in [6.07, 6.45) is 7.04. The lowest BCUT2D eigenvalue weighted by Crippen LogP contribution is -2.71. The smallest absolute Gasteiger partial charge is 0.339 e. The van der Waals surface area contributed by atoms with Crippen molar-refractivity contribution in [2.45, 2.75) is 77.3 Å². The number of epoxide rings is 1. The Bertz CT molecular complexity index is 1100. The highest BCUT2D eigenvalue weighted by Gasteiger charge is 2.88. The molecule has 4 heterocycles. The summed E-state index contributed by atoms with van der Waals surface area (Å²) in [7, 11) is 0. The number of allylic oxidation sites excluding steroid dienone is 1. The molecule has 2 aliphatic carbocycles. The minimum atomic E-state index is -0.958. The van der Waals surface area contributed by atoms with Gasteiger partial charge in [0.25, 0.3) is 0 Å². The number of carbonyl (C=O) groups excluding carboxylic acids is 3. The molecule has 0 bridgehead atoms. The quantitative estimate of drug-likeness (QED) is 0.469. The van der Waals surface area contributed by atoms with E-state index in [2.05, 4.69) is 13.8 Å². The summed E-state index contributed by atoms with van der Waals surface area (Å²) >= 11 is 0. The Morgan fingerprint density at radius 3 is 2.45 bits per heavy atom. The van der Waals surface area contributed by atoms with E-state index in [1.165, 1.54) is 6.08 Å². The molecule has 5 aliphatic rings. The highest BCUT2D eigenvalue weighted by Crippen LogP contribution is 2.78. The molecule has 2 saturated heterocycles. The van der Waals surface area contributed by atoms with Crippen LogP contribution in [0, 0.1) is 28.1 Å². The summed E-state index contributed by atoms with van der Waals surface area (Å²) in [5.74, 6) is -1.02. The van der Waals surface area contributed by atoms with Crippen LogP contribution in [-0.2, 0) is 28.6 Å². The third-order valence-electron chi connectivity index (χ3n) is 10.0. The van der Waals surface area contributed by atoms with Gasteiger partial charge < -0.3 is 18.6 Å². The minimum Gasteiger partial charge on any atom is -0.472 e. The molecule has 1 aromatic rings. The van der Waals surface area contributed by atoms with Gasteiger partial charge >= 0.3 is 11.9 Å². The molecule has 33 heavy (non-hydrogen) atoms. The molecule has 1 aromatic heterocycles. The van der Waals surface area contributed by atoms with Crippen molar-refractivity contribution >= 4 is 17.7 Å². The van der Waals surface area contributed by atoms with Crippen molar-refractivity contribution in [1.82, 2.24) is 0 Å². The van der Waals surface area contributed by atoms with Crippen molar-refractivity contribution in [2.75, 3.05) is 0 Å². The van der Waals surface area contributed by atoms with Crippen LogP contribution >= 0.6 is 0 Å². The summed E-state index contributed by atoms with van der Waals surface area (Å²) in [5, 5.41) is 0. The third kappa shape index (κ3) is 2.23. The highest BCUT2D eigenvalue weighted by molar-refractivity contribution is 5.93. The van der Waals surface area contributed by atoms with Gasteiger partial charge in [-0.3, -0.25) is 4.79 Å². The van der Waals surface area contributed by atoms with Gasteiger partial charge in [0.15, 0.2) is 6.10 Å². The molecule has 7 nitrogen and oxygen atoms in total. The second-order valence-electron chi connectivity index (χ2n) is 11.7. The molecule has 0 unspecified atom stereocenters. The van der Waals surface area contributed by atoms with Gasteiger partial charge in [-0.2, -0.15) is 0 Å². The number of Topliss-reactive ketones (excluding diaryl/α,β-unsaturated/α-hetero) is 1. The Balaban J connectivity index is 1.53. The zero-order chi connectivity index (χ0) is 23.6. The van der Waals surface area contributed by atoms with E-state index < -0.39 is 45.6 Å². The first-order chi connectivity index (χ1) is 15.4. The average molecular weight is 455 g/mol. The van der Waals surface area contributed by atoms with E-state index in [1.807, 2.05) is 32.9 Å². The molecule has 3 aliphatic heterocycles. The first kappa shape index (κ1) is 21.1. The summed E-state index contributed by atoms with van der Waals surface area (Å²) in [5.41, 5.74) is -2.94. The molecule has 0 radical (unpaired) electrons. The van der Waals surface area contributed by atoms with Gasteiger partial charge in [-0.25, -0.2) is 9.59 Å². The van der Waals surface area contributed by atoms with Gasteiger partial charge in [-0.1, -0.05) is 19.9 Å². The molecule has 8 atom stereocenters. The maximum atomic E-state index is 14.1. The van der Waals surface area contributed by atoms with E-state index in [-0.39, 0.29) is 30.0 Å². The molecular formula is C26H30O7. The normalized spacial score (nSPS) is 49.5. The van der Waals surface area contributed by atoms with Crippen LogP contribution in [0.1, 0.15) is 65.5 Å². The zero-order valence-corrected chi connectivity index (χ0v) is 19.7. The molecule has 1 spiro atoms. The topological polar surface area (TPSA) is 95.3 Å². The number of cyclic esters (lactones) is 2. The van der Waals surface area contributed by atoms with Crippen molar-refractivity contribution in [3.63, 3.8) is 0 Å². The Hall–Kier alpha value is -2.41. The lowest BCUT2D eigenvalue weighted by Gasteiger charge is -2.64. The highest BCUT2D eigenvalue weighted by atomic mass is 16.7. The zero-order valence-electron chi connectivity index (χ0n) is 19.7.